The van der Waals surface area contributed by atoms with E-state index in [9.17, 15) is 9.59 Å². The van der Waals surface area contributed by atoms with E-state index in [1.165, 1.54) is 18.2 Å². The number of amides is 2. The van der Waals surface area contributed by atoms with Gasteiger partial charge < -0.3 is 20.3 Å². The average Bonchev–Trinajstić information content (AvgIpc) is 2.82. The fourth-order valence-electron chi connectivity index (χ4n) is 2.91. The first-order valence-corrected chi connectivity index (χ1v) is 10.1. The van der Waals surface area contributed by atoms with E-state index in [0.717, 1.165) is 37.7 Å². The predicted octanol–water partition coefficient (Wildman–Crippen LogP) is 2.74. The Morgan fingerprint density at radius 2 is 1.96 bits per heavy atom. The number of carbonyl (C=O) groups is 2. The van der Waals surface area contributed by atoms with Gasteiger partial charge in [-0.05, 0) is 43.1 Å². The van der Waals surface area contributed by atoms with Crippen molar-refractivity contribution in [2.24, 2.45) is 0 Å². The highest BCUT2D eigenvalue weighted by atomic mass is 35.5. The number of likely N-dealkylation sites (N-methyl/N-ethyl adjacent to an activating group) is 1. The number of anilines is 1. The maximum Gasteiger partial charge on any atom is 0.258 e. The van der Waals surface area contributed by atoms with Crippen LogP contribution in [0.25, 0.3) is 0 Å². The Bertz CT molecular complexity index is 769. The second-order valence-corrected chi connectivity index (χ2v) is 8.51. The monoisotopic (exact) mass is 423 g/mol. The molecule has 0 aliphatic carbocycles. The van der Waals surface area contributed by atoms with Crippen molar-refractivity contribution in [2.45, 2.75) is 18.9 Å². The number of hydrogen-bond donors (Lipinski definition) is 2. The summed E-state index contributed by atoms with van der Waals surface area (Å²) in [5.74, 6) is -0.850. The van der Waals surface area contributed by atoms with Crippen LogP contribution >= 0.6 is 23.4 Å². The van der Waals surface area contributed by atoms with E-state index < -0.39 is 11.9 Å². The summed E-state index contributed by atoms with van der Waals surface area (Å²) in [6.07, 6.45) is 1.93. The molecule has 0 saturated carbocycles. The number of rotatable bonds is 8. The van der Waals surface area contributed by atoms with Crippen LogP contribution in [-0.4, -0.2) is 56.6 Å². The number of thioether (sulfide) groups is 1. The summed E-state index contributed by atoms with van der Waals surface area (Å²) in [5, 5.41) is 5.48. The highest BCUT2D eigenvalue weighted by Gasteiger charge is 2.23. The predicted molar refractivity (Wildman–Crippen MR) is 116 cm³/mol. The number of carbonyl (C=O) groups excluding carboxylic acids is 2. The quantitative estimate of drug-likeness (QED) is 0.629. The molecule has 1 heterocycles. The van der Waals surface area contributed by atoms with Gasteiger partial charge in [-0.15, -0.1) is 0 Å². The second kappa shape index (κ2) is 10.7. The van der Waals surface area contributed by atoms with Gasteiger partial charge in [0.1, 0.15) is 6.04 Å². The van der Waals surface area contributed by atoms with Crippen molar-refractivity contribution < 1.29 is 14.3 Å². The van der Waals surface area contributed by atoms with Crippen molar-refractivity contribution in [3.05, 3.63) is 51.8 Å². The first-order chi connectivity index (χ1) is 13.3. The van der Waals surface area contributed by atoms with E-state index in [2.05, 4.69) is 41.8 Å². The Morgan fingerprint density at radius 3 is 2.61 bits per heavy atom. The summed E-state index contributed by atoms with van der Waals surface area (Å²) in [4.78, 5) is 27.3. The summed E-state index contributed by atoms with van der Waals surface area (Å²) in [5.41, 5.74) is 3.24. The fraction of sp³-hybridized carbons (Fsp3) is 0.400. The lowest BCUT2D eigenvalue weighted by molar-refractivity contribution is -0.125. The van der Waals surface area contributed by atoms with E-state index in [1.807, 2.05) is 12.1 Å². The van der Waals surface area contributed by atoms with Gasteiger partial charge >= 0.3 is 0 Å². The van der Waals surface area contributed by atoms with Gasteiger partial charge in [-0.2, -0.15) is 0 Å². The molecule has 28 heavy (non-hydrogen) atoms. The van der Waals surface area contributed by atoms with E-state index >= 15 is 0 Å². The maximum absolute atomic E-state index is 12.7. The zero-order valence-electron chi connectivity index (χ0n) is 16.2. The minimum Gasteiger partial charge on any atom is -0.382 e. The Labute approximate surface area is 175 Å². The number of nitrogens with one attached hydrogen (secondary N) is 2. The Kier molecular flexibility index (Phi) is 8.57. The molecule has 0 aromatic heterocycles. The third-order valence-corrected chi connectivity index (χ3v) is 5.33. The minimum atomic E-state index is -0.858. The van der Waals surface area contributed by atoms with Crippen molar-refractivity contribution in [3.8, 4) is 0 Å². The lowest BCUT2D eigenvalue weighted by atomic mass is 10.0. The number of nitrogens with zero attached hydrogens (tertiary/aromatic N) is 1. The largest absolute Gasteiger partial charge is 0.382 e. The number of methoxy groups -OCH3 is 1. The summed E-state index contributed by atoms with van der Waals surface area (Å²) in [6, 6.07) is 5.09. The zero-order valence-corrected chi connectivity index (χ0v) is 17.8. The molecule has 152 valence electrons. The van der Waals surface area contributed by atoms with E-state index in [-0.39, 0.29) is 21.8 Å². The van der Waals surface area contributed by atoms with Crippen molar-refractivity contribution in [2.75, 3.05) is 39.2 Å². The van der Waals surface area contributed by atoms with Crippen molar-refractivity contribution >= 4 is 40.9 Å². The molecule has 1 aromatic rings. The summed E-state index contributed by atoms with van der Waals surface area (Å²) in [6.45, 7) is 9.20. The highest BCUT2D eigenvalue weighted by molar-refractivity contribution is 8.08. The van der Waals surface area contributed by atoms with Crippen LogP contribution in [0, 0.1) is 0 Å². The van der Waals surface area contributed by atoms with Crippen LogP contribution in [0.2, 0.25) is 0 Å². The molecule has 0 spiro atoms. The molecule has 1 aliphatic heterocycles. The van der Waals surface area contributed by atoms with E-state index in [0.29, 0.717) is 5.69 Å². The molecule has 6 nitrogen and oxygen atoms in total. The van der Waals surface area contributed by atoms with E-state index in [1.54, 1.807) is 0 Å². The molecular formula is C20H26ClN3O3S. The molecule has 1 aromatic carbocycles. The molecule has 8 heteroatoms. The van der Waals surface area contributed by atoms with Crippen molar-refractivity contribution in [3.63, 3.8) is 0 Å². The second-order valence-electron chi connectivity index (χ2n) is 6.64. The molecule has 0 fully saturated rings. The Balaban J connectivity index is 2.04. The molecule has 1 unspecified atom stereocenters. The third-order valence-electron chi connectivity index (χ3n) is 4.44. The lowest BCUT2D eigenvalue weighted by Crippen LogP contribution is -2.46. The standard InChI is InChI=1S/C20H26ClN3O3S/c1-13(28-14(2)21)19(25)23-18(12-27-4)20(26)22-17-6-5-15-7-9-24(3)10-8-16(15)11-17/h5-6,11,18H,1-2,7-10,12H2,3-4H3,(H,22,26)(H,23,25). The first-order valence-electron chi connectivity index (χ1n) is 8.92. The summed E-state index contributed by atoms with van der Waals surface area (Å²) >= 11 is 6.63. The van der Waals surface area contributed by atoms with Crippen LogP contribution in [0.3, 0.4) is 0 Å². The summed E-state index contributed by atoms with van der Waals surface area (Å²) < 4.78 is 5.31. The van der Waals surface area contributed by atoms with Gasteiger partial charge in [0.2, 0.25) is 5.91 Å². The molecule has 2 rings (SSSR count). The molecular weight excluding hydrogens is 398 g/mol. The van der Waals surface area contributed by atoms with Crippen LogP contribution in [0.4, 0.5) is 5.69 Å². The van der Waals surface area contributed by atoms with Crippen LogP contribution in [0.5, 0.6) is 0 Å². The Morgan fingerprint density at radius 1 is 1.29 bits per heavy atom. The molecule has 2 N–H and O–H groups in total. The molecule has 1 atom stereocenters. The van der Waals surface area contributed by atoms with Gasteiger partial charge in [-0.25, -0.2) is 0 Å². The minimum absolute atomic E-state index is 0.0348. The molecule has 0 saturated heterocycles. The number of fused-ring (bicyclic) bond motifs is 1. The zero-order chi connectivity index (χ0) is 20.7. The van der Waals surface area contributed by atoms with Crippen LogP contribution in [0.1, 0.15) is 11.1 Å². The number of benzene rings is 1. The third kappa shape index (κ3) is 6.67. The van der Waals surface area contributed by atoms with Gasteiger partial charge in [-0.1, -0.05) is 42.6 Å². The molecule has 0 radical (unpaired) electrons. The maximum atomic E-state index is 12.7. The SMILES string of the molecule is C=C(Cl)SC(=C)C(=O)NC(COC)C(=O)Nc1ccc2c(c1)CCN(C)CC2. The highest BCUT2D eigenvalue weighted by Crippen LogP contribution is 2.25. The van der Waals surface area contributed by atoms with Gasteiger partial charge in [-0.3, -0.25) is 9.59 Å². The summed E-state index contributed by atoms with van der Waals surface area (Å²) in [7, 11) is 3.58. The first kappa shape index (κ1) is 22.5. The normalized spacial score (nSPS) is 15.1. The van der Waals surface area contributed by atoms with Crippen LogP contribution in [0.15, 0.2) is 40.6 Å². The van der Waals surface area contributed by atoms with Crippen molar-refractivity contribution in [1.29, 1.82) is 0 Å². The lowest BCUT2D eigenvalue weighted by Gasteiger charge is -2.19. The molecule has 2 amide bonds. The number of ether oxygens (including phenoxy) is 1. The van der Waals surface area contributed by atoms with Crippen molar-refractivity contribution in [1.82, 2.24) is 10.2 Å². The van der Waals surface area contributed by atoms with E-state index in [4.69, 9.17) is 16.3 Å². The van der Waals surface area contributed by atoms with Gasteiger partial charge in [0.15, 0.2) is 0 Å². The fourth-order valence-corrected chi connectivity index (χ4v) is 3.61. The average molecular weight is 424 g/mol. The smallest absolute Gasteiger partial charge is 0.258 e. The Hall–Kier alpha value is -1.80. The molecule has 0 bridgehead atoms. The van der Waals surface area contributed by atoms with Crippen LogP contribution < -0.4 is 10.6 Å². The number of hydrogen-bond acceptors (Lipinski definition) is 5. The topological polar surface area (TPSA) is 70.7 Å². The van der Waals surface area contributed by atoms with Gasteiger partial charge in [0, 0.05) is 25.9 Å². The van der Waals surface area contributed by atoms with Gasteiger partial charge in [0.25, 0.3) is 5.91 Å². The molecule has 1 aliphatic rings. The van der Waals surface area contributed by atoms with Crippen LogP contribution in [-0.2, 0) is 27.2 Å². The van der Waals surface area contributed by atoms with Gasteiger partial charge in [0.05, 0.1) is 15.9 Å². The number of halogens is 1.